The maximum absolute atomic E-state index is 12.4. The third-order valence-corrected chi connectivity index (χ3v) is 3.66. The van der Waals surface area contributed by atoms with Gasteiger partial charge in [0.05, 0.1) is 4.92 Å². The molecular formula is C15H23N3O3. The van der Waals surface area contributed by atoms with Gasteiger partial charge < -0.3 is 10.6 Å². The van der Waals surface area contributed by atoms with Gasteiger partial charge in [0.2, 0.25) is 0 Å². The largest absolute Gasteiger partial charge is 0.342 e. The van der Waals surface area contributed by atoms with Gasteiger partial charge >= 0.3 is 0 Å². The first-order valence-electron chi connectivity index (χ1n) is 7.00. The Morgan fingerprint density at radius 1 is 1.43 bits per heavy atom. The van der Waals surface area contributed by atoms with Crippen molar-refractivity contribution in [2.75, 3.05) is 13.6 Å². The Hall–Kier alpha value is -1.95. The number of carbonyl (C=O) groups is 1. The van der Waals surface area contributed by atoms with Gasteiger partial charge in [0, 0.05) is 37.3 Å². The number of nitrogens with two attached hydrogens (primary N) is 1. The van der Waals surface area contributed by atoms with E-state index in [1.54, 1.807) is 24.9 Å². The first kappa shape index (κ1) is 17.1. The normalized spacial score (nSPS) is 12.3. The number of hydrogen-bond donors (Lipinski definition) is 1. The van der Waals surface area contributed by atoms with Gasteiger partial charge in [0.1, 0.15) is 0 Å². The minimum absolute atomic E-state index is 0.0338. The lowest BCUT2D eigenvalue weighted by molar-refractivity contribution is -0.384. The average molecular weight is 293 g/mol. The van der Waals surface area contributed by atoms with Crippen molar-refractivity contribution in [3.05, 3.63) is 39.4 Å². The first-order chi connectivity index (χ1) is 9.73. The second-order valence-corrected chi connectivity index (χ2v) is 5.68. The second-order valence-electron chi connectivity index (χ2n) is 5.68. The summed E-state index contributed by atoms with van der Waals surface area (Å²) in [6, 6.07) is 4.36. The highest BCUT2D eigenvalue weighted by molar-refractivity contribution is 5.96. The van der Waals surface area contributed by atoms with Gasteiger partial charge in [0.25, 0.3) is 11.6 Å². The number of rotatable bonds is 6. The predicted octanol–water partition coefficient (Wildman–Crippen LogP) is 2.35. The van der Waals surface area contributed by atoms with E-state index in [0.717, 1.165) is 5.56 Å². The lowest BCUT2D eigenvalue weighted by Gasteiger charge is -2.22. The Morgan fingerprint density at radius 3 is 2.57 bits per heavy atom. The van der Waals surface area contributed by atoms with Crippen molar-refractivity contribution in [1.29, 1.82) is 0 Å². The molecule has 2 N–H and O–H groups in total. The zero-order chi connectivity index (χ0) is 16.2. The molecule has 1 aromatic carbocycles. The molecule has 0 aliphatic rings. The number of hydrogen-bond acceptors (Lipinski definition) is 4. The second kappa shape index (κ2) is 7.17. The van der Waals surface area contributed by atoms with Crippen molar-refractivity contribution in [3.63, 3.8) is 0 Å². The fourth-order valence-electron chi connectivity index (χ4n) is 1.94. The molecule has 0 saturated carbocycles. The number of nitro benzene ring substituents is 1. The molecule has 0 aromatic heterocycles. The summed E-state index contributed by atoms with van der Waals surface area (Å²) in [4.78, 5) is 24.3. The summed E-state index contributed by atoms with van der Waals surface area (Å²) in [7, 11) is 1.69. The van der Waals surface area contributed by atoms with Crippen LogP contribution in [0.2, 0.25) is 0 Å². The van der Waals surface area contributed by atoms with Crippen LogP contribution in [-0.4, -0.2) is 35.4 Å². The fourth-order valence-corrected chi connectivity index (χ4v) is 1.94. The van der Waals surface area contributed by atoms with E-state index in [-0.39, 0.29) is 17.6 Å². The van der Waals surface area contributed by atoms with Gasteiger partial charge in [-0.1, -0.05) is 19.9 Å². The Labute approximate surface area is 125 Å². The van der Waals surface area contributed by atoms with Crippen LogP contribution in [-0.2, 0) is 0 Å². The number of nitrogens with zero attached hydrogens (tertiary/aromatic N) is 2. The minimum atomic E-state index is -0.495. The molecule has 0 heterocycles. The molecule has 0 spiro atoms. The van der Waals surface area contributed by atoms with Gasteiger partial charge in [0.15, 0.2) is 0 Å². The van der Waals surface area contributed by atoms with E-state index in [4.69, 9.17) is 5.73 Å². The maximum atomic E-state index is 12.4. The Kier molecular flexibility index (Phi) is 5.84. The number of amides is 1. The van der Waals surface area contributed by atoms with Crippen molar-refractivity contribution in [1.82, 2.24) is 4.90 Å². The molecule has 1 amide bonds. The third-order valence-electron chi connectivity index (χ3n) is 3.66. The highest BCUT2D eigenvalue weighted by Gasteiger charge is 2.19. The SMILES string of the molecule is Cc1ccc([N+](=O)[O-])cc1C(=O)N(C)CCC(N)C(C)C. The summed E-state index contributed by atoms with van der Waals surface area (Å²) in [6.07, 6.45) is 0.702. The van der Waals surface area contributed by atoms with Crippen LogP contribution in [0.15, 0.2) is 18.2 Å². The standard InChI is InChI=1S/C15H23N3O3/c1-10(2)14(16)7-8-17(4)15(19)13-9-12(18(20)21)6-5-11(13)3/h5-6,9-10,14H,7-8,16H2,1-4H3. The maximum Gasteiger partial charge on any atom is 0.270 e. The third kappa shape index (κ3) is 4.53. The molecule has 1 rings (SSSR count). The van der Waals surface area contributed by atoms with E-state index in [9.17, 15) is 14.9 Å². The molecule has 116 valence electrons. The van der Waals surface area contributed by atoms with E-state index in [1.807, 2.05) is 13.8 Å². The number of aryl methyl sites for hydroxylation is 1. The average Bonchev–Trinajstić information content (AvgIpc) is 2.43. The molecule has 1 unspecified atom stereocenters. The predicted molar refractivity (Wildman–Crippen MR) is 82.2 cm³/mol. The van der Waals surface area contributed by atoms with Gasteiger partial charge in [-0.05, 0) is 24.8 Å². The monoisotopic (exact) mass is 293 g/mol. The van der Waals surface area contributed by atoms with Crippen LogP contribution in [0.5, 0.6) is 0 Å². The van der Waals surface area contributed by atoms with Crippen molar-refractivity contribution >= 4 is 11.6 Å². The highest BCUT2D eigenvalue weighted by Crippen LogP contribution is 2.19. The quantitative estimate of drug-likeness (QED) is 0.644. The molecule has 21 heavy (non-hydrogen) atoms. The number of nitro groups is 1. The van der Waals surface area contributed by atoms with Crippen LogP contribution in [0, 0.1) is 23.0 Å². The van der Waals surface area contributed by atoms with Gasteiger partial charge in [-0.15, -0.1) is 0 Å². The molecule has 6 nitrogen and oxygen atoms in total. The van der Waals surface area contributed by atoms with Crippen LogP contribution in [0.3, 0.4) is 0 Å². The van der Waals surface area contributed by atoms with E-state index in [0.29, 0.717) is 24.4 Å². The zero-order valence-electron chi connectivity index (χ0n) is 13.0. The first-order valence-corrected chi connectivity index (χ1v) is 7.00. The summed E-state index contributed by atoms with van der Waals surface area (Å²) in [5.74, 6) is 0.139. The Morgan fingerprint density at radius 2 is 2.05 bits per heavy atom. The highest BCUT2D eigenvalue weighted by atomic mass is 16.6. The van der Waals surface area contributed by atoms with E-state index >= 15 is 0 Å². The summed E-state index contributed by atoms with van der Waals surface area (Å²) >= 11 is 0. The lowest BCUT2D eigenvalue weighted by atomic mass is 10.0. The molecule has 0 aliphatic heterocycles. The molecule has 1 atom stereocenters. The van der Waals surface area contributed by atoms with Crippen LogP contribution in [0.1, 0.15) is 36.2 Å². The van der Waals surface area contributed by atoms with Gasteiger partial charge in [-0.2, -0.15) is 0 Å². The van der Waals surface area contributed by atoms with Crippen molar-refractivity contribution < 1.29 is 9.72 Å². The molecule has 0 fully saturated rings. The van der Waals surface area contributed by atoms with Crippen molar-refractivity contribution in [2.45, 2.75) is 33.2 Å². The van der Waals surface area contributed by atoms with Crippen LogP contribution in [0.25, 0.3) is 0 Å². The summed E-state index contributed by atoms with van der Waals surface area (Å²) in [6.45, 7) is 6.37. The molecule has 1 aromatic rings. The zero-order valence-corrected chi connectivity index (χ0v) is 13.0. The molecular weight excluding hydrogens is 270 g/mol. The smallest absolute Gasteiger partial charge is 0.270 e. The molecule has 0 bridgehead atoms. The topological polar surface area (TPSA) is 89.5 Å². The molecule has 0 radical (unpaired) electrons. The minimum Gasteiger partial charge on any atom is -0.342 e. The summed E-state index contributed by atoms with van der Waals surface area (Å²) < 4.78 is 0. The van der Waals surface area contributed by atoms with Gasteiger partial charge in [-0.25, -0.2) is 0 Å². The number of carbonyl (C=O) groups excluding carboxylic acids is 1. The van der Waals surface area contributed by atoms with E-state index in [1.165, 1.54) is 12.1 Å². The Balaban J connectivity index is 2.83. The van der Waals surface area contributed by atoms with Crippen LogP contribution >= 0.6 is 0 Å². The number of benzene rings is 1. The molecule has 0 saturated heterocycles. The lowest BCUT2D eigenvalue weighted by Crippen LogP contribution is -2.34. The van der Waals surface area contributed by atoms with E-state index < -0.39 is 4.92 Å². The summed E-state index contributed by atoms with van der Waals surface area (Å²) in [5.41, 5.74) is 6.99. The molecule has 0 aliphatic carbocycles. The Bertz CT molecular complexity index is 529. The van der Waals surface area contributed by atoms with Crippen molar-refractivity contribution in [2.24, 2.45) is 11.7 Å². The van der Waals surface area contributed by atoms with Crippen LogP contribution < -0.4 is 5.73 Å². The number of non-ortho nitro benzene ring substituents is 1. The molecule has 6 heteroatoms. The van der Waals surface area contributed by atoms with Crippen molar-refractivity contribution in [3.8, 4) is 0 Å². The fraction of sp³-hybridized carbons (Fsp3) is 0.533. The summed E-state index contributed by atoms with van der Waals surface area (Å²) in [5, 5.41) is 10.8. The van der Waals surface area contributed by atoms with E-state index in [2.05, 4.69) is 0 Å². The van der Waals surface area contributed by atoms with Gasteiger partial charge in [-0.3, -0.25) is 14.9 Å². The van der Waals surface area contributed by atoms with Crippen LogP contribution in [0.4, 0.5) is 5.69 Å².